The summed E-state index contributed by atoms with van der Waals surface area (Å²) in [5, 5.41) is 7.62. The van der Waals surface area contributed by atoms with E-state index in [0.717, 1.165) is 30.3 Å². The standard InChI is InChI=1S/C11H17N5/c1-4-5-12-11-13-6-7-16(11)10-8-15(3)14-9(10)2/h6-8H,4-5H2,1-3H3,(H,12,13). The molecule has 0 aromatic carbocycles. The molecule has 2 aromatic rings. The molecular weight excluding hydrogens is 202 g/mol. The minimum Gasteiger partial charge on any atom is -0.355 e. The van der Waals surface area contributed by atoms with Crippen molar-refractivity contribution in [1.29, 1.82) is 0 Å². The molecule has 0 bridgehead atoms. The molecule has 16 heavy (non-hydrogen) atoms. The van der Waals surface area contributed by atoms with E-state index in [1.165, 1.54) is 0 Å². The topological polar surface area (TPSA) is 47.7 Å². The van der Waals surface area contributed by atoms with Crippen LogP contribution in [0, 0.1) is 6.92 Å². The fraction of sp³-hybridized carbons (Fsp3) is 0.455. The van der Waals surface area contributed by atoms with Crippen molar-refractivity contribution < 1.29 is 0 Å². The van der Waals surface area contributed by atoms with Gasteiger partial charge in [0.05, 0.1) is 11.4 Å². The molecule has 0 atom stereocenters. The van der Waals surface area contributed by atoms with Crippen molar-refractivity contribution in [2.24, 2.45) is 7.05 Å². The van der Waals surface area contributed by atoms with E-state index in [9.17, 15) is 0 Å². The maximum absolute atomic E-state index is 4.33. The van der Waals surface area contributed by atoms with Gasteiger partial charge in [0.2, 0.25) is 5.95 Å². The number of imidazole rings is 1. The predicted molar refractivity (Wildman–Crippen MR) is 63.8 cm³/mol. The molecule has 0 aliphatic carbocycles. The second-order valence-corrected chi connectivity index (χ2v) is 3.82. The average molecular weight is 219 g/mol. The molecule has 86 valence electrons. The lowest BCUT2D eigenvalue weighted by Gasteiger charge is -2.07. The van der Waals surface area contributed by atoms with Gasteiger partial charge < -0.3 is 5.32 Å². The lowest BCUT2D eigenvalue weighted by Crippen LogP contribution is -2.06. The Labute approximate surface area is 95.1 Å². The zero-order chi connectivity index (χ0) is 11.5. The van der Waals surface area contributed by atoms with Crippen LogP contribution in [0.25, 0.3) is 5.69 Å². The lowest BCUT2D eigenvalue weighted by molar-refractivity contribution is 0.756. The minimum atomic E-state index is 0.873. The molecule has 0 unspecified atom stereocenters. The van der Waals surface area contributed by atoms with Gasteiger partial charge in [-0.25, -0.2) is 4.98 Å². The third-order valence-corrected chi connectivity index (χ3v) is 2.42. The van der Waals surface area contributed by atoms with Gasteiger partial charge in [0, 0.05) is 32.2 Å². The van der Waals surface area contributed by atoms with Crippen molar-refractivity contribution in [3.63, 3.8) is 0 Å². The molecule has 0 amide bonds. The van der Waals surface area contributed by atoms with Gasteiger partial charge in [-0.05, 0) is 13.3 Å². The molecule has 0 radical (unpaired) electrons. The maximum Gasteiger partial charge on any atom is 0.207 e. The first-order valence-corrected chi connectivity index (χ1v) is 5.50. The van der Waals surface area contributed by atoms with E-state index in [4.69, 9.17) is 0 Å². The Kier molecular flexibility index (Phi) is 2.94. The van der Waals surface area contributed by atoms with Crippen LogP contribution in [0.4, 0.5) is 5.95 Å². The summed E-state index contributed by atoms with van der Waals surface area (Å²) in [5.74, 6) is 0.873. The maximum atomic E-state index is 4.33. The summed E-state index contributed by atoms with van der Waals surface area (Å²) in [6.07, 6.45) is 6.82. The van der Waals surface area contributed by atoms with Gasteiger partial charge in [-0.1, -0.05) is 6.92 Å². The highest BCUT2D eigenvalue weighted by molar-refractivity contribution is 5.43. The summed E-state index contributed by atoms with van der Waals surface area (Å²) in [6, 6.07) is 0. The number of nitrogens with one attached hydrogen (secondary N) is 1. The Morgan fingerprint density at radius 2 is 2.25 bits per heavy atom. The smallest absolute Gasteiger partial charge is 0.207 e. The Balaban J connectivity index is 2.33. The van der Waals surface area contributed by atoms with Gasteiger partial charge in [0.1, 0.15) is 0 Å². The molecule has 2 rings (SSSR count). The molecular formula is C11H17N5. The van der Waals surface area contributed by atoms with Crippen LogP contribution in [0.15, 0.2) is 18.6 Å². The van der Waals surface area contributed by atoms with E-state index >= 15 is 0 Å². The molecule has 0 fully saturated rings. The largest absolute Gasteiger partial charge is 0.355 e. The van der Waals surface area contributed by atoms with Crippen LogP contribution in [0.5, 0.6) is 0 Å². The van der Waals surface area contributed by atoms with Crippen molar-refractivity contribution >= 4 is 5.95 Å². The number of anilines is 1. The summed E-state index contributed by atoms with van der Waals surface area (Å²) < 4.78 is 3.84. The first-order chi connectivity index (χ1) is 7.72. The molecule has 2 heterocycles. The third kappa shape index (κ3) is 1.93. The lowest BCUT2D eigenvalue weighted by atomic mass is 10.4. The predicted octanol–water partition coefficient (Wildman–Crippen LogP) is 1.74. The van der Waals surface area contributed by atoms with Crippen LogP contribution in [0.2, 0.25) is 0 Å². The zero-order valence-corrected chi connectivity index (χ0v) is 9.94. The van der Waals surface area contributed by atoms with E-state index in [2.05, 4.69) is 22.3 Å². The van der Waals surface area contributed by atoms with Gasteiger partial charge in [-0.2, -0.15) is 5.10 Å². The van der Waals surface area contributed by atoms with Crippen LogP contribution in [0.3, 0.4) is 0 Å². The highest BCUT2D eigenvalue weighted by Crippen LogP contribution is 2.16. The van der Waals surface area contributed by atoms with Gasteiger partial charge in [0.15, 0.2) is 0 Å². The van der Waals surface area contributed by atoms with Crippen molar-refractivity contribution in [2.75, 3.05) is 11.9 Å². The Morgan fingerprint density at radius 3 is 2.88 bits per heavy atom. The van der Waals surface area contributed by atoms with Crippen molar-refractivity contribution in [3.05, 3.63) is 24.3 Å². The summed E-state index contributed by atoms with van der Waals surface area (Å²) in [5.41, 5.74) is 2.07. The molecule has 0 spiro atoms. The average Bonchev–Trinajstić information content (AvgIpc) is 2.81. The fourth-order valence-corrected chi connectivity index (χ4v) is 1.69. The SMILES string of the molecule is CCCNc1nccn1-c1cn(C)nc1C. The van der Waals surface area contributed by atoms with Crippen molar-refractivity contribution in [1.82, 2.24) is 19.3 Å². The number of aromatic nitrogens is 4. The highest BCUT2D eigenvalue weighted by atomic mass is 15.3. The summed E-state index contributed by atoms with van der Waals surface area (Å²) in [7, 11) is 1.92. The number of hydrogen-bond donors (Lipinski definition) is 1. The molecule has 0 saturated carbocycles. The number of rotatable bonds is 4. The van der Waals surface area contributed by atoms with Crippen LogP contribution >= 0.6 is 0 Å². The molecule has 2 aromatic heterocycles. The van der Waals surface area contributed by atoms with Gasteiger partial charge in [0.25, 0.3) is 0 Å². The molecule has 0 aliphatic rings. The summed E-state index contributed by atoms with van der Waals surface area (Å²) in [4.78, 5) is 4.30. The molecule has 0 saturated heterocycles. The second-order valence-electron chi connectivity index (χ2n) is 3.82. The van der Waals surface area contributed by atoms with Gasteiger partial charge in [-0.3, -0.25) is 9.25 Å². The summed E-state index contributed by atoms with van der Waals surface area (Å²) >= 11 is 0. The van der Waals surface area contributed by atoms with E-state index in [1.54, 1.807) is 6.20 Å². The van der Waals surface area contributed by atoms with Crippen LogP contribution < -0.4 is 5.32 Å². The van der Waals surface area contributed by atoms with E-state index in [1.807, 2.05) is 35.6 Å². The first-order valence-electron chi connectivity index (χ1n) is 5.50. The van der Waals surface area contributed by atoms with E-state index in [0.29, 0.717) is 0 Å². The van der Waals surface area contributed by atoms with Crippen LogP contribution in [-0.2, 0) is 7.05 Å². The number of nitrogens with zero attached hydrogens (tertiary/aromatic N) is 4. The zero-order valence-electron chi connectivity index (χ0n) is 9.94. The Bertz CT molecular complexity index is 468. The Hall–Kier alpha value is -1.78. The van der Waals surface area contributed by atoms with Gasteiger partial charge >= 0.3 is 0 Å². The Morgan fingerprint density at radius 1 is 1.44 bits per heavy atom. The first kappa shape index (κ1) is 10.7. The molecule has 5 nitrogen and oxygen atoms in total. The van der Waals surface area contributed by atoms with Crippen LogP contribution in [0.1, 0.15) is 19.0 Å². The number of aryl methyl sites for hydroxylation is 2. The molecule has 5 heteroatoms. The van der Waals surface area contributed by atoms with E-state index in [-0.39, 0.29) is 0 Å². The van der Waals surface area contributed by atoms with Crippen molar-refractivity contribution in [3.8, 4) is 5.69 Å². The fourth-order valence-electron chi connectivity index (χ4n) is 1.69. The summed E-state index contributed by atoms with van der Waals surface area (Å²) in [6.45, 7) is 5.06. The number of hydrogen-bond acceptors (Lipinski definition) is 3. The highest BCUT2D eigenvalue weighted by Gasteiger charge is 2.09. The third-order valence-electron chi connectivity index (χ3n) is 2.42. The monoisotopic (exact) mass is 219 g/mol. The minimum absolute atomic E-state index is 0.873. The molecule has 0 aliphatic heterocycles. The normalized spacial score (nSPS) is 10.7. The molecule has 1 N–H and O–H groups in total. The quantitative estimate of drug-likeness (QED) is 0.852. The van der Waals surface area contributed by atoms with Crippen molar-refractivity contribution in [2.45, 2.75) is 20.3 Å². The van der Waals surface area contributed by atoms with Gasteiger partial charge in [-0.15, -0.1) is 0 Å². The second kappa shape index (κ2) is 4.38. The van der Waals surface area contributed by atoms with E-state index < -0.39 is 0 Å². The van der Waals surface area contributed by atoms with Crippen LogP contribution in [-0.4, -0.2) is 25.9 Å².